The second-order valence-electron chi connectivity index (χ2n) is 4.20. The van der Waals surface area contributed by atoms with Crippen molar-refractivity contribution in [2.45, 2.75) is 18.2 Å². The van der Waals surface area contributed by atoms with Gasteiger partial charge in [-0.2, -0.15) is 0 Å². The van der Waals surface area contributed by atoms with Gasteiger partial charge in [-0.1, -0.05) is 22.9 Å². The Labute approximate surface area is 131 Å². The highest BCUT2D eigenvalue weighted by molar-refractivity contribution is 7.91. The largest absolute Gasteiger partial charge is 0.301 e. The minimum atomic E-state index is -3.51. The number of nitrogens with zero attached hydrogens (tertiary/aromatic N) is 2. The van der Waals surface area contributed by atoms with Crippen molar-refractivity contribution in [1.29, 1.82) is 0 Å². The fourth-order valence-electron chi connectivity index (χ4n) is 1.52. The van der Waals surface area contributed by atoms with Crippen molar-refractivity contribution in [3.05, 3.63) is 34.3 Å². The van der Waals surface area contributed by atoms with Crippen LogP contribution in [-0.4, -0.2) is 30.3 Å². The number of anilines is 1. The Bertz CT molecular complexity index is 741. The number of benzene rings is 1. The first-order chi connectivity index (χ1) is 9.87. The highest BCUT2D eigenvalue weighted by atomic mass is 35.5. The van der Waals surface area contributed by atoms with Crippen molar-refractivity contribution in [1.82, 2.24) is 10.2 Å². The van der Waals surface area contributed by atoms with Gasteiger partial charge >= 0.3 is 0 Å². The van der Waals surface area contributed by atoms with Gasteiger partial charge in [0.1, 0.15) is 5.01 Å². The molecule has 0 aliphatic carbocycles. The van der Waals surface area contributed by atoms with Crippen molar-refractivity contribution in [2.24, 2.45) is 0 Å². The first-order valence-electron chi connectivity index (χ1n) is 5.95. The number of carbonyl (C=O) groups is 1. The van der Waals surface area contributed by atoms with Gasteiger partial charge in [0.2, 0.25) is 11.0 Å². The molecule has 0 aliphatic rings. The molecule has 2 aromatic rings. The lowest BCUT2D eigenvalue weighted by Crippen LogP contribution is -2.17. The van der Waals surface area contributed by atoms with Crippen LogP contribution in [-0.2, 0) is 14.6 Å². The maximum atomic E-state index is 12.1. The van der Waals surface area contributed by atoms with Crippen LogP contribution in [0, 0.1) is 6.92 Å². The first kappa shape index (κ1) is 15.9. The van der Waals surface area contributed by atoms with Gasteiger partial charge in [0.15, 0.2) is 9.84 Å². The van der Waals surface area contributed by atoms with Crippen LogP contribution in [0.3, 0.4) is 0 Å². The molecule has 0 bridgehead atoms. The second-order valence-corrected chi connectivity index (χ2v) is 7.92. The standard InChI is InChI=1S/C12H12ClN3O3S2/c1-8-15-16-12(20-8)14-11(17)6-7-21(18,19)10-4-2-9(13)3-5-10/h2-5H,6-7H2,1H3,(H,14,16,17). The van der Waals surface area contributed by atoms with E-state index in [1.54, 1.807) is 6.92 Å². The highest BCUT2D eigenvalue weighted by Gasteiger charge is 2.17. The van der Waals surface area contributed by atoms with Crippen LogP contribution in [0.4, 0.5) is 5.13 Å². The molecule has 0 radical (unpaired) electrons. The van der Waals surface area contributed by atoms with E-state index in [1.807, 2.05) is 0 Å². The number of hydrogen-bond acceptors (Lipinski definition) is 6. The van der Waals surface area contributed by atoms with E-state index in [1.165, 1.54) is 35.6 Å². The van der Waals surface area contributed by atoms with Crippen LogP contribution < -0.4 is 5.32 Å². The molecule has 1 aromatic carbocycles. The number of halogens is 1. The summed E-state index contributed by atoms with van der Waals surface area (Å²) in [4.78, 5) is 11.8. The van der Waals surface area contributed by atoms with Gasteiger partial charge in [-0.05, 0) is 31.2 Å². The van der Waals surface area contributed by atoms with Gasteiger partial charge in [0, 0.05) is 11.4 Å². The highest BCUT2D eigenvalue weighted by Crippen LogP contribution is 2.17. The SMILES string of the molecule is Cc1nnc(NC(=O)CCS(=O)(=O)c2ccc(Cl)cc2)s1. The number of carbonyl (C=O) groups excluding carboxylic acids is 1. The first-order valence-corrected chi connectivity index (χ1v) is 8.80. The molecule has 0 saturated heterocycles. The van der Waals surface area contributed by atoms with Gasteiger partial charge in [-0.25, -0.2) is 8.42 Å². The Morgan fingerprint density at radius 3 is 2.52 bits per heavy atom. The van der Waals surface area contributed by atoms with Crippen LogP contribution >= 0.6 is 22.9 Å². The molecule has 6 nitrogen and oxygen atoms in total. The van der Waals surface area contributed by atoms with Crippen LogP contribution in [0.2, 0.25) is 5.02 Å². The van der Waals surface area contributed by atoms with Gasteiger partial charge in [-0.15, -0.1) is 10.2 Å². The van der Waals surface area contributed by atoms with E-state index < -0.39 is 15.7 Å². The maximum Gasteiger partial charge on any atom is 0.227 e. The van der Waals surface area contributed by atoms with Crippen LogP contribution in [0.1, 0.15) is 11.4 Å². The summed E-state index contributed by atoms with van der Waals surface area (Å²) >= 11 is 6.94. The Kier molecular flexibility index (Phi) is 4.92. The van der Waals surface area contributed by atoms with E-state index >= 15 is 0 Å². The van der Waals surface area contributed by atoms with Crippen molar-refractivity contribution in [3.63, 3.8) is 0 Å². The average Bonchev–Trinajstić information content (AvgIpc) is 2.82. The van der Waals surface area contributed by atoms with E-state index in [9.17, 15) is 13.2 Å². The minimum absolute atomic E-state index is 0.145. The van der Waals surface area contributed by atoms with E-state index in [-0.39, 0.29) is 17.1 Å². The third kappa shape index (κ3) is 4.48. The lowest BCUT2D eigenvalue weighted by atomic mass is 10.4. The van der Waals surface area contributed by atoms with E-state index in [2.05, 4.69) is 15.5 Å². The molecule has 0 saturated carbocycles. The van der Waals surface area contributed by atoms with E-state index in [0.29, 0.717) is 10.2 Å². The van der Waals surface area contributed by atoms with Gasteiger partial charge < -0.3 is 5.32 Å². The molecule has 1 N–H and O–H groups in total. The van der Waals surface area contributed by atoms with Crippen molar-refractivity contribution < 1.29 is 13.2 Å². The number of sulfone groups is 1. The molecular formula is C12H12ClN3O3S2. The van der Waals surface area contributed by atoms with E-state index in [4.69, 9.17) is 11.6 Å². The summed E-state index contributed by atoms with van der Waals surface area (Å²) in [5, 5.41) is 11.6. The molecule has 0 spiro atoms. The van der Waals surface area contributed by atoms with Crippen LogP contribution in [0.15, 0.2) is 29.2 Å². The van der Waals surface area contributed by atoms with Gasteiger partial charge in [-0.3, -0.25) is 4.79 Å². The summed E-state index contributed by atoms with van der Waals surface area (Å²) in [6.45, 7) is 1.76. The fourth-order valence-corrected chi connectivity index (χ4v) is 3.49. The minimum Gasteiger partial charge on any atom is -0.301 e. The fraction of sp³-hybridized carbons (Fsp3) is 0.250. The summed E-state index contributed by atoms with van der Waals surface area (Å²) in [5.41, 5.74) is 0. The Morgan fingerprint density at radius 1 is 1.29 bits per heavy atom. The molecule has 112 valence electrons. The third-order valence-corrected chi connectivity index (χ3v) is 5.28. The number of rotatable bonds is 5. The molecule has 21 heavy (non-hydrogen) atoms. The number of hydrogen-bond donors (Lipinski definition) is 1. The lowest BCUT2D eigenvalue weighted by Gasteiger charge is -2.04. The molecule has 2 rings (SSSR count). The summed E-state index contributed by atoms with van der Waals surface area (Å²) in [5.74, 6) is -0.693. The predicted octanol–water partition coefficient (Wildman–Crippen LogP) is 2.30. The van der Waals surface area contributed by atoms with Gasteiger partial charge in [0.05, 0.1) is 10.6 Å². The quantitative estimate of drug-likeness (QED) is 0.898. The van der Waals surface area contributed by atoms with Crippen molar-refractivity contribution in [3.8, 4) is 0 Å². The summed E-state index contributed by atoms with van der Waals surface area (Å²) in [6, 6.07) is 5.84. The zero-order valence-electron chi connectivity index (χ0n) is 11.0. The number of aromatic nitrogens is 2. The Hall–Kier alpha value is -1.51. The molecular weight excluding hydrogens is 334 g/mol. The Morgan fingerprint density at radius 2 is 1.95 bits per heavy atom. The van der Waals surface area contributed by atoms with Crippen molar-refractivity contribution >= 4 is 43.8 Å². The summed E-state index contributed by atoms with van der Waals surface area (Å²) in [7, 11) is -3.51. The molecule has 9 heteroatoms. The third-order valence-electron chi connectivity index (χ3n) is 2.54. The zero-order valence-corrected chi connectivity index (χ0v) is 13.4. The van der Waals surface area contributed by atoms with E-state index in [0.717, 1.165) is 5.01 Å². The normalized spacial score (nSPS) is 11.3. The summed E-state index contributed by atoms with van der Waals surface area (Å²) < 4.78 is 24.1. The number of aryl methyl sites for hydroxylation is 1. The van der Waals surface area contributed by atoms with Crippen LogP contribution in [0.5, 0.6) is 0 Å². The Balaban J connectivity index is 1.95. The topological polar surface area (TPSA) is 89.0 Å². The van der Waals surface area contributed by atoms with Crippen molar-refractivity contribution in [2.75, 3.05) is 11.1 Å². The summed E-state index contributed by atoms with van der Waals surface area (Å²) in [6.07, 6.45) is -0.149. The predicted molar refractivity (Wildman–Crippen MR) is 81.4 cm³/mol. The van der Waals surface area contributed by atoms with Gasteiger partial charge in [0.25, 0.3) is 0 Å². The maximum absolute atomic E-state index is 12.1. The zero-order chi connectivity index (χ0) is 15.5. The monoisotopic (exact) mass is 345 g/mol. The molecule has 1 aromatic heterocycles. The molecule has 1 amide bonds. The molecule has 0 atom stereocenters. The molecule has 0 unspecified atom stereocenters. The average molecular weight is 346 g/mol. The molecule has 1 heterocycles. The van der Waals surface area contributed by atoms with Crippen LogP contribution in [0.25, 0.3) is 0 Å². The second kappa shape index (κ2) is 6.50. The smallest absolute Gasteiger partial charge is 0.227 e. The molecule has 0 aliphatic heterocycles. The lowest BCUT2D eigenvalue weighted by molar-refractivity contribution is -0.115. The molecule has 0 fully saturated rings. The number of nitrogens with one attached hydrogen (secondary N) is 1. The number of amides is 1.